The number of rotatable bonds is 13. The fourth-order valence-electron chi connectivity index (χ4n) is 6.01. The number of anilines is 3. The number of benzene rings is 4. The summed E-state index contributed by atoms with van der Waals surface area (Å²) in [4.78, 5) is 64.7. The number of thiazole rings is 1. The molecule has 0 spiro atoms. The molecule has 12 nitrogen and oxygen atoms in total. The van der Waals surface area contributed by atoms with Gasteiger partial charge in [-0.15, -0.1) is 11.3 Å². The second-order valence-electron chi connectivity index (χ2n) is 12.0. The third-order valence-electron chi connectivity index (χ3n) is 8.63. The van der Waals surface area contributed by atoms with Crippen LogP contribution in [0, 0.1) is 0 Å². The molecule has 0 saturated heterocycles. The maximum Gasteiger partial charge on any atom is 0.299 e. The molecule has 0 unspecified atom stereocenters. The standard InChI is InChI=1S/C39H37N5O7S/c1-42(2)27-17-15-26(16-18-27)40-38(47)35(25-19-31(49-3)37(51-5)32(20-25)50-4)44(21-33-41-29(23-52-33)24-11-7-6-8-12-24)34(45)22-43-30-14-10-9-13-28(30)36(46)39(43)48/h6-20,23,35H,21-22H2,1-5H3,(H,40,47)/t35-/m1/s1. The summed E-state index contributed by atoms with van der Waals surface area (Å²) in [5.74, 6) is -1.85. The SMILES string of the molecule is COc1cc([C@H](C(=O)Nc2ccc(N(C)C)cc2)N(Cc2nc(-c3ccccc3)cs2)C(=O)CN2C(=O)C(=O)c3ccccc32)cc(OC)c1OC. The predicted octanol–water partition coefficient (Wildman–Crippen LogP) is 5.84. The number of aromatic nitrogens is 1. The Morgan fingerprint density at radius 3 is 2.15 bits per heavy atom. The minimum absolute atomic E-state index is 0.109. The molecular weight excluding hydrogens is 683 g/mol. The van der Waals surface area contributed by atoms with Crippen molar-refractivity contribution in [2.75, 3.05) is 57.1 Å². The van der Waals surface area contributed by atoms with Crippen LogP contribution in [0.15, 0.2) is 96.4 Å². The van der Waals surface area contributed by atoms with Gasteiger partial charge in [-0.05, 0) is 54.1 Å². The maximum absolute atomic E-state index is 14.7. The molecule has 0 radical (unpaired) electrons. The summed E-state index contributed by atoms with van der Waals surface area (Å²) in [5.41, 5.74) is 3.89. The van der Waals surface area contributed by atoms with E-state index in [9.17, 15) is 19.2 Å². The molecule has 5 aromatic rings. The molecule has 2 heterocycles. The minimum atomic E-state index is -1.30. The van der Waals surface area contributed by atoms with Gasteiger partial charge in [-0.3, -0.25) is 24.1 Å². The highest BCUT2D eigenvalue weighted by Gasteiger charge is 2.40. The summed E-state index contributed by atoms with van der Waals surface area (Å²) < 4.78 is 16.8. The van der Waals surface area contributed by atoms with Crippen LogP contribution in [0.1, 0.15) is 27.0 Å². The Kier molecular flexibility index (Phi) is 10.5. The lowest BCUT2D eigenvalue weighted by Gasteiger charge is -2.32. The number of carbonyl (C=O) groups is 4. The fourth-order valence-corrected chi connectivity index (χ4v) is 6.81. The van der Waals surface area contributed by atoms with Crippen molar-refractivity contribution in [3.63, 3.8) is 0 Å². The zero-order valence-corrected chi connectivity index (χ0v) is 30.1. The molecule has 4 aromatic carbocycles. The van der Waals surface area contributed by atoms with Crippen LogP contribution in [0.4, 0.5) is 17.1 Å². The van der Waals surface area contributed by atoms with Crippen LogP contribution in [0.5, 0.6) is 17.2 Å². The van der Waals surface area contributed by atoms with Crippen LogP contribution < -0.4 is 29.3 Å². The smallest absolute Gasteiger partial charge is 0.299 e. The Labute approximate surface area is 305 Å². The minimum Gasteiger partial charge on any atom is -0.493 e. The molecule has 0 aliphatic carbocycles. The lowest BCUT2D eigenvalue weighted by atomic mass is 10.0. The number of ketones is 1. The van der Waals surface area contributed by atoms with E-state index in [0.717, 1.165) is 16.2 Å². The number of Topliss-reactive ketones (excluding diaryl/α,β-unsaturated/α-hetero) is 1. The summed E-state index contributed by atoms with van der Waals surface area (Å²) >= 11 is 1.33. The van der Waals surface area contributed by atoms with E-state index in [0.29, 0.717) is 33.4 Å². The largest absolute Gasteiger partial charge is 0.493 e. The van der Waals surface area contributed by atoms with Gasteiger partial charge in [-0.2, -0.15) is 0 Å². The predicted molar refractivity (Wildman–Crippen MR) is 199 cm³/mol. The number of para-hydroxylation sites is 1. The van der Waals surface area contributed by atoms with Gasteiger partial charge in [0.25, 0.3) is 17.6 Å². The Balaban J connectivity index is 1.46. The van der Waals surface area contributed by atoms with E-state index in [1.807, 2.05) is 66.8 Å². The quantitative estimate of drug-likeness (QED) is 0.149. The molecule has 13 heteroatoms. The van der Waals surface area contributed by atoms with E-state index >= 15 is 0 Å². The number of methoxy groups -OCH3 is 3. The average molecular weight is 720 g/mol. The zero-order chi connectivity index (χ0) is 36.9. The van der Waals surface area contributed by atoms with Crippen LogP contribution in [0.3, 0.4) is 0 Å². The first-order valence-electron chi connectivity index (χ1n) is 16.3. The van der Waals surface area contributed by atoms with Gasteiger partial charge in [-0.1, -0.05) is 42.5 Å². The van der Waals surface area contributed by atoms with Crippen molar-refractivity contribution in [1.29, 1.82) is 0 Å². The number of amides is 3. The van der Waals surface area contributed by atoms with Crippen molar-refractivity contribution in [1.82, 2.24) is 9.88 Å². The summed E-state index contributed by atoms with van der Waals surface area (Å²) in [7, 11) is 8.21. The summed E-state index contributed by atoms with van der Waals surface area (Å²) in [6, 6.07) is 25.3. The highest BCUT2D eigenvalue weighted by Crippen LogP contribution is 2.42. The first-order valence-corrected chi connectivity index (χ1v) is 17.1. The highest BCUT2D eigenvalue weighted by molar-refractivity contribution is 7.09. The van der Waals surface area contributed by atoms with Crippen LogP contribution >= 0.6 is 11.3 Å². The molecule has 0 bridgehead atoms. The first kappa shape index (κ1) is 35.6. The Morgan fingerprint density at radius 1 is 0.865 bits per heavy atom. The lowest BCUT2D eigenvalue weighted by Crippen LogP contribution is -2.46. The Hall–Kier alpha value is -6.21. The third-order valence-corrected chi connectivity index (χ3v) is 9.47. The molecule has 0 fully saturated rings. The number of nitrogens with zero attached hydrogens (tertiary/aromatic N) is 4. The molecule has 1 aromatic heterocycles. The summed E-state index contributed by atoms with van der Waals surface area (Å²) in [5, 5.41) is 5.39. The van der Waals surface area contributed by atoms with E-state index in [4.69, 9.17) is 19.2 Å². The van der Waals surface area contributed by atoms with Crippen LogP contribution in [0.25, 0.3) is 11.3 Å². The summed E-state index contributed by atoms with van der Waals surface area (Å²) in [6.07, 6.45) is 0. The number of ether oxygens (including phenoxy) is 3. The lowest BCUT2D eigenvalue weighted by molar-refractivity contribution is -0.139. The third kappa shape index (κ3) is 7.16. The molecular formula is C39H37N5O7S. The van der Waals surface area contributed by atoms with E-state index in [1.165, 1.54) is 37.6 Å². The van der Waals surface area contributed by atoms with Gasteiger partial charge in [0.15, 0.2) is 11.5 Å². The second kappa shape index (κ2) is 15.4. The van der Waals surface area contributed by atoms with E-state index < -0.39 is 36.1 Å². The number of hydrogen-bond donors (Lipinski definition) is 1. The van der Waals surface area contributed by atoms with Crippen molar-refractivity contribution < 1.29 is 33.4 Å². The van der Waals surface area contributed by atoms with E-state index in [2.05, 4.69) is 5.32 Å². The van der Waals surface area contributed by atoms with Crippen molar-refractivity contribution in [2.45, 2.75) is 12.6 Å². The highest BCUT2D eigenvalue weighted by atomic mass is 32.1. The number of nitrogens with one attached hydrogen (secondary N) is 1. The van der Waals surface area contributed by atoms with Gasteiger partial charge in [0.2, 0.25) is 11.7 Å². The Bertz CT molecular complexity index is 2090. The van der Waals surface area contributed by atoms with Crippen molar-refractivity contribution in [3.05, 3.63) is 113 Å². The molecule has 1 atom stereocenters. The van der Waals surface area contributed by atoms with E-state index in [-0.39, 0.29) is 23.6 Å². The van der Waals surface area contributed by atoms with Crippen LogP contribution in [-0.2, 0) is 20.9 Å². The van der Waals surface area contributed by atoms with Crippen molar-refractivity contribution >= 4 is 51.9 Å². The Morgan fingerprint density at radius 2 is 1.52 bits per heavy atom. The van der Waals surface area contributed by atoms with Gasteiger partial charge in [0.1, 0.15) is 17.6 Å². The van der Waals surface area contributed by atoms with Gasteiger partial charge >= 0.3 is 0 Å². The molecule has 3 amide bonds. The monoisotopic (exact) mass is 719 g/mol. The molecule has 6 rings (SSSR count). The number of carbonyl (C=O) groups excluding carboxylic acids is 4. The maximum atomic E-state index is 14.7. The van der Waals surface area contributed by atoms with Crippen molar-refractivity contribution in [3.8, 4) is 28.5 Å². The summed E-state index contributed by atoms with van der Waals surface area (Å²) in [6.45, 7) is -0.619. The zero-order valence-electron chi connectivity index (χ0n) is 29.3. The number of hydrogen-bond acceptors (Lipinski definition) is 10. The van der Waals surface area contributed by atoms with Crippen LogP contribution in [0.2, 0.25) is 0 Å². The van der Waals surface area contributed by atoms with Gasteiger partial charge < -0.3 is 29.3 Å². The molecule has 1 aliphatic rings. The molecule has 52 heavy (non-hydrogen) atoms. The van der Waals surface area contributed by atoms with Gasteiger partial charge in [0.05, 0.1) is 44.8 Å². The molecule has 266 valence electrons. The van der Waals surface area contributed by atoms with Crippen molar-refractivity contribution in [2.24, 2.45) is 0 Å². The van der Waals surface area contributed by atoms with Crippen LogP contribution in [-0.4, -0.2) is 75.4 Å². The molecule has 1 aliphatic heterocycles. The van der Waals surface area contributed by atoms with Gasteiger partial charge in [-0.25, -0.2) is 4.98 Å². The topological polar surface area (TPSA) is 131 Å². The second-order valence-corrected chi connectivity index (χ2v) is 13.0. The fraction of sp³-hybridized carbons (Fsp3) is 0.205. The normalized spacial score (nSPS) is 12.6. The average Bonchev–Trinajstić information content (AvgIpc) is 3.73. The van der Waals surface area contributed by atoms with Gasteiger partial charge in [0, 0.05) is 36.4 Å². The molecule has 1 N–H and O–H groups in total. The van der Waals surface area contributed by atoms with E-state index in [1.54, 1.807) is 48.5 Å². The first-order chi connectivity index (χ1) is 25.1. The number of fused-ring (bicyclic) bond motifs is 1. The molecule has 0 saturated carbocycles.